The lowest BCUT2D eigenvalue weighted by Gasteiger charge is -1.92. The molecule has 0 radical (unpaired) electrons. The molecule has 0 aromatic carbocycles. The maximum atomic E-state index is 9.87. The molecule has 0 fully saturated rings. The second-order valence-electron chi connectivity index (χ2n) is 0.990. The molecular weight excluding hydrogens is 179 g/mol. The minimum Gasteiger partial charge on any atom is -0.326 e. The Bertz CT molecular complexity index is 107. The van der Waals surface area contributed by atoms with Crippen molar-refractivity contribution in [1.29, 1.82) is 0 Å². The monoisotopic (exact) mass is 186 g/mol. The van der Waals surface area contributed by atoms with Crippen LogP contribution in [0, 0.1) is 0 Å². The van der Waals surface area contributed by atoms with Gasteiger partial charge in [-0.15, -0.1) is 6.58 Å². The summed E-state index contributed by atoms with van der Waals surface area (Å²) in [4.78, 5) is 8.12. The van der Waals surface area contributed by atoms with Crippen LogP contribution in [0.2, 0.25) is 0 Å². The van der Waals surface area contributed by atoms with Crippen LogP contribution in [0.1, 0.15) is 0 Å². The second-order valence-corrected chi connectivity index (χ2v) is 4.01. The molecule has 0 aliphatic rings. The first-order chi connectivity index (χ1) is 4.27. The Hall–Kier alpha value is 0.590. The van der Waals surface area contributed by atoms with E-state index in [-0.39, 0.29) is 0 Å². The normalized spacial score (nSPS) is 13.0. The van der Waals surface area contributed by atoms with Gasteiger partial charge in [-0.2, -0.15) is 0 Å². The molecule has 0 aromatic rings. The van der Waals surface area contributed by atoms with Crippen LogP contribution in [-0.4, -0.2) is 10.6 Å². The molecule has 0 aromatic heterocycles. The Kier molecular flexibility index (Phi) is 7.15. The van der Waals surface area contributed by atoms with Gasteiger partial charge in [-0.05, 0) is 0 Å². The fraction of sp³-hybridized carbons (Fsp3) is 0.333. The Morgan fingerprint density at radius 3 is 3.00 bits per heavy atom. The third-order valence-corrected chi connectivity index (χ3v) is 2.96. The highest BCUT2D eigenvalue weighted by atomic mass is 33.1. The van der Waals surface area contributed by atoms with E-state index in [0.29, 0.717) is 5.75 Å². The first kappa shape index (κ1) is 9.59. The molecule has 0 saturated heterocycles. The van der Waals surface area contributed by atoms with Gasteiger partial charge in [-0.3, -0.25) is 4.57 Å². The molecule has 1 N–H and O–H groups in total. The summed E-state index contributed by atoms with van der Waals surface area (Å²) in [5, 5.41) is 0. The highest BCUT2D eigenvalue weighted by molar-refractivity contribution is 8.75. The van der Waals surface area contributed by atoms with E-state index >= 15 is 0 Å². The van der Waals surface area contributed by atoms with E-state index in [4.69, 9.17) is 4.89 Å². The molecular formula is C3H7O3PS2. The van der Waals surface area contributed by atoms with Gasteiger partial charge >= 0.3 is 8.25 Å². The molecule has 54 valence electrons. The smallest absolute Gasteiger partial charge is 0.326 e. The van der Waals surface area contributed by atoms with Crippen LogP contribution in [-0.2, 0) is 8.54 Å². The lowest BCUT2D eigenvalue weighted by molar-refractivity contribution is 0.434. The van der Waals surface area contributed by atoms with Gasteiger partial charge in [0.1, 0.15) is 0 Å². The van der Waals surface area contributed by atoms with Gasteiger partial charge in [0, 0.05) is 5.75 Å². The van der Waals surface area contributed by atoms with Crippen LogP contribution in [0.4, 0.5) is 0 Å². The summed E-state index contributed by atoms with van der Waals surface area (Å²) in [6.07, 6.45) is 1.69. The van der Waals surface area contributed by atoms with E-state index in [0.717, 1.165) is 11.1 Å². The Morgan fingerprint density at radius 2 is 2.56 bits per heavy atom. The lowest BCUT2D eigenvalue weighted by Crippen LogP contribution is -1.62. The highest BCUT2D eigenvalue weighted by Gasteiger charge is 1.91. The average Bonchev–Trinajstić information content (AvgIpc) is 1.80. The minimum absolute atomic E-state index is 0.708. The first-order valence-electron chi connectivity index (χ1n) is 2.07. The molecule has 0 spiro atoms. The van der Waals surface area contributed by atoms with Crippen LogP contribution in [0.3, 0.4) is 0 Å². The lowest BCUT2D eigenvalue weighted by atomic mass is 10.8. The van der Waals surface area contributed by atoms with E-state index in [2.05, 4.69) is 10.5 Å². The summed E-state index contributed by atoms with van der Waals surface area (Å²) in [7, 11) is -1.43. The van der Waals surface area contributed by atoms with Crippen LogP contribution in [0.5, 0.6) is 0 Å². The van der Waals surface area contributed by atoms with Crippen molar-refractivity contribution in [3.05, 3.63) is 12.7 Å². The van der Waals surface area contributed by atoms with Gasteiger partial charge < -0.3 is 4.89 Å². The minimum atomic E-state index is -2.76. The molecule has 0 aliphatic heterocycles. The largest absolute Gasteiger partial charge is 0.328 e. The average molecular weight is 186 g/mol. The fourth-order valence-electron chi connectivity index (χ4n) is 0.129. The van der Waals surface area contributed by atoms with Crippen molar-refractivity contribution in [2.75, 3.05) is 5.75 Å². The predicted octanol–water partition coefficient (Wildman–Crippen LogP) is 1.87. The summed E-state index contributed by atoms with van der Waals surface area (Å²) < 4.78 is 14.1. The Balaban J connectivity index is 2.91. The number of hydrogen-bond donors (Lipinski definition) is 1. The standard InChI is InChI=1S/C3H7O3PS2/c1-2-3-8-9-6-7(4)5/h2,7H,1,3H2,(H,4,5). The summed E-state index contributed by atoms with van der Waals surface area (Å²) in [5.41, 5.74) is 0. The van der Waals surface area contributed by atoms with Gasteiger partial charge in [-0.1, -0.05) is 16.9 Å². The van der Waals surface area contributed by atoms with Crippen LogP contribution >= 0.6 is 30.1 Å². The first-order valence-corrected chi connectivity index (χ1v) is 5.58. The molecule has 0 rings (SSSR count). The molecule has 0 bridgehead atoms. The third kappa shape index (κ3) is 8.59. The molecule has 3 nitrogen and oxygen atoms in total. The molecule has 9 heavy (non-hydrogen) atoms. The molecule has 0 saturated carbocycles. The van der Waals surface area contributed by atoms with Crippen LogP contribution in [0.25, 0.3) is 0 Å². The zero-order valence-electron chi connectivity index (χ0n) is 4.57. The predicted molar refractivity (Wildman–Crippen MR) is 42.6 cm³/mol. The third-order valence-electron chi connectivity index (χ3n) is 0.339. The maximum Gasteiger partial charge on any atom is 0.328 e. The zero-order chi connectivity index (χ0) is 7.11. The van der Waals surface area contributed by atoms with Gasteiger partial charge in [0.2, 0.25) is 0 Å². The van der Waals surface area contributed by atoms with Crippen molar-refractivity contribution < 1.29 is 13.4 Å². The Morgan fingerprint density at radius 1 is 1.89 bits per heavy atom. The molecule has 0 amide bonds. The Labute approximate surface area is 62.4 Å². The van der Waals surface area contributed by atoms with Crippen molar-refractivity contribution in [2.45, 2.75) is 0 Å². The summed E-state index contributed by atoms with van der Waals surface area (Å²) in [6.45, 7) is 3.46. The second kappa shape index (κ2) is 6.71. The van der Waals surface area contributed by atoms with Crippen molar-refractivity contribution in [3.8, 4) is 0 Å². The van der Waals surface area contributed by atoms with Gasteiger partial charge in [0.15, 0.2) is 0 Å². The van der Waals surface area contributed by atoms with Crippen molar-refractivity contribution >= 4 is 30.1 Å². The summed E-state index contributed by atoms with van der Waals surface area (Å²) in [5.74, 6) is 0.708. The van der Waals surface area contributed by atoms with Gasteiger partial charge in [0.05, 0.1) is 11.1 Å². The highest BCUT2D eigenvalue weighted by Crippen LogP contribution is 2.32. The van der Waals surface area contributed by atoms with Crippen molar-refractivity contribution in [2.24, 2.45) is 0 Å². The van der Waals surface area contributed by atoms with E-state index in [1.807, 2.05) is 0 Å². The van der Waals surface area contributed by atoms with Gasteiger partial charge in [-0.25, -0.2) is 3.97 Å². The topological polar surface area (TPSA) is 46.5 Å². The fourth-order valence-corrected chi connectivity index (χ4v) is 2.12. The summed E-state index contributed by atoms with van der Waals surface area (Å²) >= 11 is 0.914. The van der Waals surface area contributed by atoms with Crippen LogP contribution in [0.15, 0.2) is 12.7 Å². The molecule has 1 atom stereocenters. The van der Waals surface area contributed by atoms with Crippen molar-refractivity contribution in [1.82, 2.24) is 0 Å². The zero-order valence-corrected chi connectivity index (χ0v) is 7.20. The molecule has 6 heteroatoms. The molecule has 1 unspecified atom stereocenters. The number of hydrogen-bond acceptors (Lipinski definition) is 4. The van der Waals surface area contributed by atoms with E-state index in [1.165, 1.54) is 10.8 Å². The van der Waals surface area contributed by atoms with E-state index in [1.54, 1.807) is 6.08 Å². The maximum absolute atomic E-state index is 9.87. The quantitative estimate of drug-likeness (QED) is 0.233. The van der Waals surface area contributed by atoms with Gasteiger partial charge in [0.25, 0.3) is 0 Å². The summed E-state index contributed by atoms with van der Waals surface area (Å²) in [6, 6.07) is 0. The van der Waals surface area contributed by atoms with Crippen LogP contribution < -0.4 is 0 Å². The SMILES string of the molecule is C=CCSSO[PH](=O)O. The molecule has 0 heterocycles. The molecule has 0 aliphatic carbocycles. The van der Waals surface area contributed by atoms with E-state index < -0.39 is 8.25 Å². The number of rotatable bonds is 5. The van der Waals surface area contributed by atoms with E-state index in [9.17, 15) is 4.57 Å². The van der Waals surface area contributed by atoms with Crippen molar-refractivity contribution in [3.63, 3.8) is 0 Å².